The van der Waals surface area contributed by atoms with Crippen molar-refractivity contribution in [3.8, 4) is 0 Å². The summed E-state index contributed by atoms with van der Waals surface area (Å²) in [5.41, 5.74) is -0.449. The summed E-state index contributed by atoms with van der Waals surface area (Å²) in [6, 6.07) is 0. The molecule has 13 heavy (non-hydrogen) atoms. The van der Waals surface area contributed by atoms with Gasteiger partial charge in [-0.1, -0.05) is 40.0 Å². The Hall–Kier alpha value is -0.530. The van der Waals surface area contributed by atoms with Gasteiger partial charge in [0.15, 0.2) is 0 Å². The van der Waals surface area contributed by atoms with E-state index in [0.717, 1.165) is 38.5 Å². The number of rotatable bonds is 7. The highest BCUT2D eigenvalue weighted by Gasteiger charge is 2.33. The van der Waals surface area contributed by atoms with Gasteiger partial charge in [0.2, 0.25) is 0 Å². The smallest absolute Gasteiger partial charge is 0.309 e. The van der Waals surface area contributed by atoms with E-state index in [4.69, 9.17) is 5.11 Å². The number of carboxylic acid groups (broad SMARTS) is 1. The van der Waals surface area contributed by atoms with Crippen molar-refractivity contribution in [2.75, 3.05) is 0 Å². The Morgan fingerprint density at radius 3 is 2.00 bits per heavy atom. The number of carbonyl (C=O) groups is 1. The van der Waals surface area contributed by atoms with Gasteiger partial charge in [0, 0.05) is 0 Å². The highest BCUT2D eigenvalue weighted by Crippen LogP contribution is 2.32. The van der Waals surface area contributed by atoms with Crippen LogP contribution < -0.4 is 0 Å². The average molecular weight is 186 g/mol. The summed E-state index contributed by atoms with van der Waals surface area (Å²) in [4.78, 5) is 11.1. The van der Waals surface area contributed by atoms with Crippen LogP contribution in [-0.4, -0.2) is 11.1 Å². The molecule has 0 atom stereocenters. The second-order valence-corrected chi connectivity index (χ2v) is 3.75. The first-order chi connectivity index (χ1) is 6.13. The average Bonchev–Trinajstić information content (AvgIpc) is 2.13. The summed E-state index contributed by atoms with van der Waals surface area (Å²) >= 11 is 0. The fraction of sp³-hybridized carbons (Fsp3) is 0.909. The van der Waals surface area contributed by atoms with Crippen molar-refractivity contribution in [3.05, 3.63) is 0 Å². The number of carboxylic acids is 1. The van der Waals surface area contributed by atoms with Gasteiger partial charge in [0.1, 0.15) is 0 Å². The quantitative estimate of drug-likeness (QED) is 0.618. The molecule has 0 aliphatic carbocycles. The van der Waals surface area contributed by atoms with Crippen LogP contribution in [0.1, 0.15) is 59.3 Å². The molecule has 0 aliphatic heterocycles. The molecule has 0 radical (unpaired) electrons. The molecule has 0 unspecified atom stereocenters. The number of hydrogen-bond acceptors (Lipinski definition) is 1. The van der Waals surface area contributed by atoms with Crippen LogP contribution in [0.4, 0.5) is 0 Å². The predicted octanol–water partition coefficient (Wildman–Crippen LogP) is 3.46. The van der Waals surface area contributed by atoms with Crippen molar-refractivity contribution in [3.63, 3.8) is 0 Å². The fourth-order valence-corrected chi connectivity index (χ4v) is 1.73. The molecule has 0 aromatic carbocycles. The minimum Gasteiger partial charge on any atom is -0.481 e. The molecule has 0 aromatic heterocycles. The first-order valence-electron chi connectivity index (χ1n) is 5.36. The topological polar surface area (TPSA) is 37.3 Å². The molecule has 0 rings (SSSR count). The molecule has 0 saturated carbocycles. The second kappa shape index (κ2) is 6.01. The minimum absolute atomic E-state index is 0.449. The van der Waals surface area contributed by atoms with Gasteiger partial charge in [0.05, 0.1) is 5.41 Å². The van der Waals surface area contributed by atoms with Crippen LogP contribution in [0.25, 0.3) is 0 Å². The molecular weight excluding hydrogens is 164 g/mol. The molecule has 0 heterocycles. The van der Waals surface area contributed by atoms with Crippen molar-refractivity contribution in [1.82, 2.24) is 0 Å². The molecule has 0 saturated heterocycles. The molecular formula is C11H22O2. The largest absolute Gasteiger partial charge is 0.481 e. The van der Waals surface area contributed by atoms with E-state index in [1.54, 1.807) is 0 Å². The van der Waals surface area contributed by atoms with E-state index in [1.807, 2.05) is 13.8 Å². The number of hydrogen-bond donors (Lipinski definition) is 1. The highest BCUT2D eigenvalue weighted by atomic mass is 16.4. The minimum atomic E-state index is -0.617. The summed E-state index contributed by atoms with van der Waals surface area (Å²) in [7, 11) is 0. The Bertz CT molecular complexity index is 148. The standard InChI is InChI=1S/C11H22O2/c1-4-7-8-9-11(5-2,6-3)10(12)13/h4-9H2,1-3H3,(H,12,13). The Morgan fingerprint density at radius 2 is 1.69 bits per heavy atom. The maximum Gasteiger partial charge on any atom is 0.309 e. The number of aliphatic carboxylic acids is 1. The zero-order valence-corrected chi connectivity index (χ0v) is 9.10. The summed E-state index contributed by atoms with van der Waals surface area (Å²) in [6.45, 7) is 6.09. The van der Waals surface area contributed by atoms with Gasteiger partial charge in [0.25, 0.3) is 0 Å². The van der Waals surface area contributed by atoms with Crippen LogP contribution in [-0.2, 0) is 4.79 Å². The molecule has 0 aromatic rings. The maximum atomic E-state index is 11.1. The molecule has 0 amide bonds. The summed E-state index contributed by atoms with van der Waals surface area (Å²) in [5.74, 6) is -0.617. The van der Waals surface area contributed by atoms with E-state index in [2.05, 4.69) is 6.92 Å². The SMILES string of the molecule is CCCCCC(CC)(CC)C(=O)O. The van der Waals surface area contributed by atoms with Crippen molar-refractivity contribution >= 4 is 5.97 Å². The fourth-order valence-electron chi connectivity index (χ4n) is 1.73. The van der Waals surface area contributed by atoms with Crippen LogP contribution in [0.5, 0.6) is 0 Å². The van der Waals surface area contributed by atoms with E-state index in [1.165, 1.54) is 0 Å². The molecule has 78 valence electrons. The van der Waals surface area contributed by atoms with Crippen molar-refractivity contribution in [2.24, 2.45) is 5.41 Å². The lowest BCUT2D eigenvalue weighted by Gasteiger charge is -2.26. The molecule has 0 aliphatic rings. The van der Waals surface area contributed by atoms with Gasteiger partial charge in [-0.05, 0) is 19.3 Å². The molecule has 2 heteroatoms. The van der Waals surface area contributed by atoms with Crippen molar-refractivity contribution < 1.29 is 9.90 Å². The lowest BCUT2D eigenvalue weighted by molar-refractivity contribution is -0.150. The van der Waals surface area contributed by atoms with E-state index < -0.39 is 11.4 Å². The lowest BCUT2D eigenvalue weighted by Crippen LogP contribution is -2.29. The van der Waals surface area contributed by atoms with Gasteiger partial charge < -0.3 is 5.11 Å². The lowest BCUT2D eigenvalue weighted by atomic mass is 9.78. The summed E-state index contributed by atoms with van der Waals surface area (Å²) in [6.07, 6.45) is 5.69. The van der Waals surface area contributed by atoms with Crippen LogP contribution >= 0.6 is 0 Å². The molecule has 0 fully saturated rings. The summed E-state index contributed by atoms with van der Waals surface area (Å²) in [5, 5.41) is 9.12. The zero-order valence-electron chi connectivity index (χ0n) is 9.10. The Morgan fingerprint density at radius 1 is 1.15 bits per heavy atom. The zero-order chi connectivity index (χ0) is 10.3. The second-order valence-electron chi connectivity index (χ2n) is 3.75. The summed E-state index contributed by atoms with van der Waals surface area (Å²) < 4.78 is 0. The Balaban J connectivity index is 4.14. The van der Waals surface area contributed by atoms with Gasteiger partial charge >= 0.3 is 5.97 Å². The van der Waals surface area contributed by atoms with Crippen molar-refractivity contribution in [2.45, 2.75) is 59.3 Å². The van der Waals surface area contributed by atoms with Crippen LogP contribution in [0.15, 0.2) is 0 Å². The van der Waals surface area contributed by atoms with Crippen LogP contribution in [0.3, 0.4) is 0 Å². The predicted molar refractivity (Wildman–Crippen MR) is 54.8 cm³/mol. The maximum absolute atomic E-state index is 11.1. The van der Waals surface area contributed by atoms with Gasteiger partial charge in [-0.3, -0.25) is 4.79 Å². The molecule has 1 N–H and O–H groups in total. The van der Waals surface area contributed by atoms with E-state index in [0.29, 0.717) is 0 Å². The van der Waals surface area contributed by atoms with Crippen LogP contribution in [0.2, 0.25) is 0 Å². The third-order valence-electron chi connectivity index (χ3n) is 3.07. The first-order valence-corrected chi connectivity index (χ1v) is 5.36. The van der Waals surface area contributed by atoms with Gasteiger partial charge in [-0.25, -0.2) is 0 Å². The molecule has 0 bridgehead atoms. The normalized spacial score (nSPS) is 11.6. The number of unbranched alkanes of at least 4 members (excludes halogenated alkanes) is 2. The third-order valence-corrected chi connectivity index (χ3v) is 3.07. The van der Waals surface area contributed by atoms with Crippen molar-refractivity contribution in [1.29, 1.82) is 0 Å². The van der Waals surface area contributed by atoms with Crippen LogP contribution in [0, 0.1) is 5.41 Å². The van der Waals surface area contributed by atoms with E-state index >= 15 is 0 Å². The highest BCUT2D eigenvalue weighted by molar-refractivity contribution is 5.74. The first kappa shape index (κ1) is 12.5. The molecule has 2 nitrogen and oxygen atoms in total. The Kier molecular flexibility index (Phi) is 5.76. The monoisotopic (exact) mass is 186 g/mol. The van der Waals surface area contributed by atoms with E-state index in [9.17, 15) is 4.79 Å². The third kappa shape index (κ3) is 3.37. The van der Waals surface area contributed by atoms with E-state index in [-0.39, 0.29) is 0 Å². The van der Waals surface area contributed by atoms with Gasteiger partial charge in [-0.2, -0.15) is 0 Å². The molecule has 0 spiro atoms. The van der Waals surface area contributed by atoms with Gasteiger partial charge in [-0.15, -0.1) is 0 Å². The Labute approximate surface area is 81.3 Å².